The number of ether oxygens (including phenoxy) is 1. The van der Waals surface area contributed by atoms with Crippen LogP contribution in [0.25, 0.3) is 11.3 Å². The highest BCUT2D eigenvalue weighted by molar-refractivity contribution is 9.10. The summed E-state index contributed by atoms with van der Waals surface area (Å²) in [7, 11) is 0. The van der Waals surface area contributed by atoms with Gasteiger partial charge in [-0.05, 0) is 24.6 Å². The second-order valence-electron chi connectivity index (χ2n) is 7.23. The van der Waals surface area contributed by atoms with Gasteiger partial charge in [0.05, 0.1) is 0 Å². The van der Waals surface area contributed by atoms with Crippen LogP contribution in [0.1, 0.15) is 22.9 Å². The number of halogens is 1. The molecular formula is C24H19BrN4OS. The van der Waals surface area contributed by atoms with Crippen LogP contribution < -0.4 is 10.1 Å². The maximum absolute atomic E-state index is 6.35. The fourth-order valence-electron chi connectivity index (χ4n) is 3.37. The third kappa shape index (κ3) is 4.29. The number of hydrogen-bond acceptors (Lipinski definition) is 6. The Morgan fingerprint density at radius 1 is 0.968 bits per heavy atom. The van der Waals surface area contributed by atoms with Crippen molar-refractivity contribution in [1.82, 2.24) is 15.2 Å². The SMILES string of the molecule is Cc1ccc(CSc2nnc3c(n2)O[C@@H](c2ccccc2Br)Nc2ccccc2-3)cc1. The van der Waals surface area contributed by atoms with Crippen molar-refractivity contribution >= 4 is 33.4 Å². The Morgan fingerprint density at radius 3 is 2.58 bits per heavy atom. The normalized spacial score (nSPS) is 14.6. The van der Waals surface area contributed by atoms with Gasteiger partial charge in [-0.25, -0.2) is 0 Å². The summed E-state index contributed by atoms with van der Waals surface area (Å²) in [6, 6.07) is 24.4. The molecule has 0 saturated carbocycles. The summed E-state index contributed by atoms with van der Waals surface area (Å²) in [5.41, 5.74) is 5.93. The number of hydrogen-bond donors (Lipinski definition) is 1. The zero-order valence-corrected chi connectivity index (χ0v) is 19.2. The van der Waals surface area contributed by atoms with Crippen LogP contribution in [0.15, 0.2) is 82.4 Å². The Labute approximate surface area is 193 Å². The molecule has 0 radical (unpaired) electrons. The second-order valence-corrected chi connectivity index (χ2v) is 9.03. The quantitative estimate of drug-likeness (QED) is 0.333. The summed E-state index contributed by atoms with van der Waals surface area (Å²) < 4.78 is 7.31. The third-order valence-corrected chi connectivity index (χ3v) is 6.64. The lowest BCUT2D eigenvalue weighted by atomic mass is 10.1. The minimum atomic E-state index is -0.412. The Morgan fingerprint density at radius 2 is 1.74 bits per heavy atom. The molecule has 1 aromatic heterocycles. The summed E-state index contributed by atoms with van der Waals surface area (Å²) in [6.45, 7) is 2.08. The van der Waals surface area contributed by atoms with Crippen molar-refractivity contribution in [3.05, 3.63) is 94.0 Å². The fourth-order valence-corrected chi connectivity index (χ4v) is 4.60. The van der Waals surface area contributed by atoms with Gasteiger partial charge in [-0.3, -0.25) is 0 Å². The summed E-state index contributed by atoms with van der Waals surface area (Å²) in [6.07, 6.45) is -0.412. The van der Waals surface area contributed by atoms with E-state index in [-0.39, 0.29) is 0 Å². The predicted molar refractivity (Wildman–Crippen MR) is 127 cm³/mol. The van der Waals surface area contributed by atoms with Crippen molar-refractivity contribution in [3.63, 3.8) is 0 Å². The molecule has 4 aromatic rings. The van der Waals surface area contributed by atoms with Gasteiger partial charge in [0.1, 0.15) is 0 Å². The van der Waals surface area contributed by atoms with Gasteiger partial charge in [-0.2, -0.15) is 4.98 Å². The van der Waals surface area contributed by atoms with Crippen LogP contribution in [0.2, 0.25) is 0 Å². The van der Waals surface area contributed by atoms with Gasteiger partial charge in [-0.15, -0.1) is 10.2 Å². The lowest BCUT2D eigenvalue weighted by molar-refractivity contribution is 0.224. The molecular weight excluding hydrogens is 472 g/mol. The molecule has 0 amide bonds. The Bertz CT molecular complexity index is 1230. The summed E-state index contributed by atoms with van der Waals surface area (Å²) in [4.78, 5) is 4.72. The lowest BCUT2D eigenvalue weighted by Gasteiger charge is -2.20. The van der Waals surface area contributed by atoms with E-state index in [1.807, 2.05) is 48.5 Å². The van der Waals surface area contributed by atoms with E-state index < -0.39 is 6.23 Å². The van der Waals surface area contributed by atoms with E-state index in [0.717, 1.165) is 27.0 Å². The second kappa shape index (κ2) is 8.69. The molecule has 0 aliphatic carbocycles. The van der Waals surface area contributed by atoms with Gasteiger partial charge < -0.3 is 10.1 Å². The maximum atomic E-state index is 6.35. The van der Waals surface area contributed by atoms with Crippen LogP contribution >= 0.6 is 27.7 Å². The van der Waals surface area contributed by atoms with E-state index in [4.69, 9.17) is 9.72 Å². The smallest absolute Gasteiger partial charge is 0.247 e. The summed E-state index contributed by atoms with van der Waals surface area (Å²) in [5, 5.41) is 12.9. The molecule has 3 aromatic carbocycles. The Kier molecular flexibility index (Phi) is 5.61. The number of fused-ring (bicyclic) bond motifs is 3. The molecule has 0 bridgehead atoms. The molecule has 2 heterocycles. The van der Waals surface area contributed by atoms with Gasteiger partial charge in [0.15, 0.2) is 11.9 Å². The van der Waals surface area contributed by atoms with Gasteiger partial charge >= 0.3 is 0 Å². The van der Waals surface area contributed by atoms with Crippen molar-refractivity contribution in [2.75, 3.05) is 5.32 Å². The zero-order valence-electron chi connectivity index (χ0n) is 16.7. The fraction of sp³-hybridized carbons (Fsp3) is 0.125. The van der Waals surface area contributed by atoms with Crippen molar-refractivity contribution in [1.29, 1.82) is 0 Å². The van der Waals surface area contributed by atoms with Crippen LogP contribution in [0.3, 0.4) is 0 Å². The number of rotatable bonds is 4. The minimum absolute atomic E-state index is 0.412. The third-order valence-electron chi connectivity index (χ3n) is 5.01. The topological polar surface area (TPSA) is 59.9 Å². The molecule has 0 saturated heterocycles. The van der Waals surface area contributed by atoms with E-state index in [1.165, 1.54) is 11.1 Å². The summed E-state index contributed by atoms with van der Waals surface area (Å²) in [5.74, 6) is 1.24. The molecule has 5 rings (SSSR count). The van der Waals surface area contributed by atoms with Crippen LogP contribution in [0, 0.1) is 6.92 Å². The van der Waals surface area contributed by atoms with Gasteiger partial charge in [-0.1, -0.05) is 93.9 Å². The number of benzene rings is 3. The standard InChI is InChI=1S/C24H19BrN4OS/c1-15-10-12-16(13-11-15)14-31-24-27-23-21(28-29-24)18-7-3-5-9-20(18)26-22(30-23)17-6-2-4-8-19(17)25/h2-13,22,26H,14H2,1H3/t22-/m0/s1. The first kappa shape index (κ1) is 20.0. The van der Waals surface area contributed by atoms with E-state index in [2.05, 4.69) is 62.6 Å². The van der Waals surface area contributed by atoms with Gasteiger partial charge in [0.2, 0.25) is 11.0 Å². The zero-order chi connectivity index (χ0) is 21.2. The highest BCUT2D eigenvalue weighted by Crippen LogP contribution is 2.40. The number of anilines is 1. The van der Waals surface area contributed by atoms with E-state index in [1.54, 1.807) is 11.8 Å². The maximum Gasteiger partial charge on any atom is 0.247 e. The van der Waals surface area contributed by atoms with Gasteiger partial charge in [0.25, 0.3) is 0 Å². The van der Waals surface area contributed by atoms with Crippen molar-refractivity contribution < 1.29 is 4.74 Å². The van der Waals surface area contributed by atoms with E-state index >= 15 is 0 Å². The number of aryl methyl sites for hydroxylation is 1. The molecule has 7 heteroatoms. The highest BCUT2D eigenvalue weighted by Gasteiger charge is 2.27. The monoisotopic (exact) mass is 490 g/mol. The first-order chi connectivity index (χ1) is 15.2. The van der Waals surface area contributed by atoms with Crippen molar-refractivity contribution in [3.8, 4) is 17.1 Å². The van der Waals surface area contributed by atoms with Crippen LogP contribution in [0.5, 0.6) is 5.88 Å². The first-order valence-electron chi connectivity index (χ1n) is 9.87. The minimum Gasteiger partial charge on any atom is -0.448 e. The van der Waals surface area contributed by atoms with Gasteiger partial charge in [0, 0.05) is 27.0 Å². The average Bonchev–Trinajstić information content (AvgIpc) is 2.95. The number of para-hydroxylation sites is 1. The van der Waals surface area contributed by atoms with E-state index in [0.29, 0.717) is 16.7 Å². The van der Waals surface area contributed by atoms with Crippen LogP contribution in [-0.2, 0) is 5.75 Å². The van der Waals surface area contributed by atoms with Crippen LogP contribution in [-0.4, -0.2) is 15.2 Å². The van der Waals surface area contributed by atoms with Crippen molar-refractivity contribution in [2.45, 2.75) is 24.1 Å². The molecule has 0 unspecified atom stereocenters. The average molecular weight is 491 g/mol. The molecule has 0 spiro atoms. The predicted octanol–water partition coefficient (Wildman–Crippen LogP) is 6.40. The highest BCUT2D eigenvalue weighted by atomic mass is 79.9. The molecule has 1 N–H and O–H groups in total. The molecule has 1 atom stereocenters. The molecule has 1 aliphatic rings. The molecule has 1 aliphatic heterocycles. The molecule has 154 valence electrons. The number of aromatic nitrogens is 3. The number of nitrogens with zero attached hydrogens (tertiary/aromatic N) is 3. The Balaban J connectivity index is 1.49. The number of thioether (sulfide) groups is 1. The molecule has 5 nitrogen and oxygen atoms in total. The van der Waals surface area contributed by atoms with E-state index in [9.17, 15) is 0 Å². The lowest BCUT2D eigenvalue weighted by Crippen LogP contribution is -2.17. The molecule has 0 fully saturated rings. The van der Waals surface area contributed by atoms with Crippen molar-refractivity contribution in [2.24, 2.45) is 0 Å². The number of nitrogens with one attached hydrogen (secondary N) is 1. The first-order valence-corrected chi connectivity index (χ1v) is 11.7. The Hall–Kier alpha value is -2.90. The largest absolute Gasteiger partial charge is 0.448 e. The summed E-state index contributed by atoms with van der Waals surface area (Å²) >= 11 is 5.18. The molecule has 31 heavy (non-hydrogen) atoms. The van der Waals surface area contributed by atoms with Crippen LogP contribution in [0.4, 0.5) is 5.69 Å².